The predicted molar refractivity (Wildman–Crippen MR) is 182 cm³/mol. The molecule has 1 fully saturated rings. The number of rotatable bonds is 10. The lowest BCUT2D eigenvalue weighted by molar-refractivity contribution is -0.111. The summed E-state index contributed by atoms with van der Waals surface area (Å²) in [5, 5.41) is 16.9. The Hall–Kier alpha value is -5.39. The van der Waals surface area contributed by atoms with Crippen LogP contribution in [0, 0.1) is 5.82 Å². The molecule has 3 N–H and O–H groups in total. The van der Waals surface area contributed by atoms with Gasteiger partial charge in [0.25, 0.3) is 11.1 Å². The lowest BCUT2D eigenvalue weighted by Gasteiger charge is -2.17. The zero-order valence-electron chi connectivity index (χ0n) is 26.3. The number of fused-ring (bicyclic) bond motifs is 1. The van der Waals surface area contributed by atoms with E-state index in [-0.39, 0.29) is 17.1 Å². The molecule has 0 aliphatic heterocycles. The average Bonchev–Trinajstić information content (AvgIpc) is 3.89. The van der Waals surface area contributed by atoms with Gasteiger partial charge in [-0.15, -0.1) is 0 Å². The van der Waals surface area contributed by atoms with Crippen LogP contribution in [0.3, 0.4) is 0 Å². The number of carbonyl (C=O) groups is 1. The maximum atomic E-state index is 15.2. The predicted octanol–water partition coefficient (Wildman–Crippen LogP) is 5.06. The molecule has 0 radical (unpaired) electrons. The molecule has 10 nitrogen and oxygen atoms in total. The van der Waals surface area contributed by atoms with Gasteiger partial charge in [-0.2, -0.15) is 0 Å². The van der Waals surface area contributed by atoms with Gasteiger partial charge in [-0.05, 0) is 80.2 Å². The van der Waals surface area contributed by atoms with Crippen LogP contribution in [0.2, 0.25) is 0 Å². The van der Waals surface area contributed by atoms with Crippen molar-refractivity contribution in [2.75, 3.05) is 31.3 Å². The number of anilines is 3. The van der Waals surface area contributed by atoms with E-state index in [0.717, 1.165) is 18.4 Å². The van der Waals surface area contributed by atoms with Crippen LogP contribution in [0.15, 0.2) is 94.8 Å². The van der Waals surface area contributed by atoms with Crippen LogP contribution < -0.4 is 21.8 Å². The van der Waals surface area contributed by atoms with Gasteiger partial charge in [-0.3, -0.25) is 19.0 Å². The van der Waals surface area contributed by atoms with E-state index >= 15 is 4.39 Å². The van der Waals surface area contributed by atoms with Crippen LogP contribution in [0.1, 0.15) is 29.9 Å². The zero-order chi connectivity index (χ0) is 33.2. The largest absolute Gasteiger partial charge is 0.392 e. The molecule has 11 heteroatoms. The van der Waals surface area contributed by atoms with Crippen LogP contribution in [-0.4, -0.2) is 50.7 Å². The van der Waals surface area contributed by atoms with Crippen LogP contribution in [0.25, 0.3) is 27.7 Å². The number of aryl methyl sites for hydroxylation is 1. The Labute approximate surface area is 270 Å². The minimum atomic E-state index is -0.565. The van der Waals surface area contributed by atoms with E-state index in [1.165, 1.54) is 21.3 Å². The van der Waals surface area contributed by atoms with Crippen LogP contribution in [0.4, 0.5) is 21.6 Å². The summed E-state index contributed by atoms with van der Waals surface area (Å²) in [5.74, 6) is -0.490. The van der Waals surface area contributed by atoms with Gasteiger partial charge < -0.3 is 25.2 Å². The van der Waals surface area contributed by atoms with E-state index in [4.69, 9.17) is 0 Å². The molecule has 0 saturated heterocycles. The number of amides is 1. The Balaban J connectivity index is 1.34. The highest BCUT2D eigenvalue weighted by molar-refractivity contribution is 5.99. The first-order valence-corrected chi connectivity index (χ1v) is 15.3. The number of hydrogen-bond acceptors (Lipinski definition) is 7. The molecule has 0 spiro atoms. The molecular weight excluding hydrogens is 599 g/mol. The molecule has 0 atom stereocenters. The van der Waals surface area contributed by atoms with Gasteiger partial charge in [0.1, 0.15) is 5.82 Å². The zero-order valence-corrected chi connectivity index (χ0v) is 26.3. The number of aliphatic hydroxyl groups is 1. The van der Waals surface area contributed by atoms with E-state index in [9.17, 15) is 19.5 Å². The third-order valence-corrected chi connectivity index (χ3v) is 8.08. The molecule has 2 aromatic heterocycles. The minimum absolute atomic E-state index is 0.0130. The van der Waals surface area contributed by atoms with Crippen LogP contribution in [-0.2, 0) is 18.4 Å². The lowest BCUT2D eigenvalue weighted by Crippen LogP contribution is -2.22. The van der Waals surface area contributed by atoms with Crippen molar-refractivity contribution in [3.8, 4) is 16.9 Å². The van der Waals surface area contributed by atoms with Crippen molar-refractivity contribution >= 4 is 33.9 Å². The van der Waals surface area contributed by atoms with E-state index in [1.807, 2.05) is 25.1 Å². The first-order valence-electron chi connectivity index (χ1n) is 15.3. The summed E-state index contributed by atoms with van der Waals surface area (Å²) < 4.78 is 17.9. The number of hydrogen-bond donors (Lipinski definition) is 3. The molecule has 1 amide bonds. The number of carbonyl (C=O) groups excluding carboxylic acids is 1. The van der Waals surface area contributed by atoms with Gasteiger partial charge in [0.15, 0.2) is 5.82 Å². The Bertz CT molecular complexity index is 2150. The second-order valence-corrected chi connectivity index (χ2v) is 11.9. The number of aliphatic hydroxyl groups excluding tert-OH is 1. The lowest BCUT2D eigenvalue weighted by atomic mass is 10.0. The molecule has 1 aliphatic rings. The molecule has 3 aromatic carbocycles. The van der Waals surface area contributed by atoms with E-state index in [1.54, 1.807) is 74.0 Å². The molecule has 1 saturated carbocycles. The minimum Gasteiger partial charge on any atom is -0.392 e. The van der Waals surface area contributed by atoms with Gasteiger partial charge in [0, 0.05) is 54.6 Å². The fourth-order valence-electron chi connectivity index (χ4n) is 5.58. The van der Waals surface area contributed by atoms with E-state index in [0.29, 0.717) is 51.7 Å². The van der Waals surface area contributed by atoms with Crippen molar-refractivity contribution in [2.45, 2.75) is 25.4 Å². The van der Waals surface area contributed by atoms with Gasteiger partial charge in [-0.1, -0.05) is 30.3 Å². The maximum Gasteiger partial charge on any atom is 0.293 e. The van der Waals surface area contributed by atoms with Crippen molar-refractivity contribution in [1.29, 1.82) is 0 Å². The number of benzene rings is 3. The molecular formula is C36H35FN6O4. The monoisotopic (exact) mass is 634 g/mol. The number of pyridine rings is 1. The van der Waals surface area contributed by atoms with Crippen molar-refractivity contribution in [2.24, 2.45) is 7.05 Å². The second kappa shape index (κ2) is 13.1. The van der Waals surface area contributed by atoms with E-state index in [2.05, 4.69) is 15.6 Å². The van der Waals surface area contributed by atoms with Crippen molar-refractivity contribution in [3.05, 3.63) is 123 Å². The van der Waals surface area contributed by atoms with Crippen LogP contribution in [0.5, 0.6) is 0 Å². The summed E-state index contributed by atoms with van der Waals surface area (Å²) in [6.45, 7) is 0.178. The summed E-state index contributed by atoms with van der Waals surface area (Å²) in [6, 6.07) is 17.1. The molecule has 0 unspecified atom stereocenters. The van der Waals surface area contributed by atoms with Crippen molar-refractivity contribution in [3.63, 3.8) is 0 Å². The Morgan fingerprint density at radius 1 is 1.06 bits per heavy atom. The third-order valence-electron chi connectivity index (χ3n) is 8.08. The van der Waals surface area contributed by atoms with Gasteiger partial charge in [0.05, 0.1) is 23.4 Å². The normalized spacial score (nSPS) is 13.1. The van der Waals surface area contributed by atoms with Gasteiger partial charge in [-0.25, -0.2) is 9.37 Å². The van der Waals surface area contributed by atoms with Crippen LogP contribution >= 0.6 is 0 Å². The number of likely N-dealkylation sites (N-methyl/N-ethyl adjacent to an activating group) is 1. The number of aromatic nitrogens is 3. The summed E-state index contributed by atoms with van der Waals surface area (Å²) in [7, 11) is 5.40. The molecule has 5 aromatic rings. The summed E-state index contributed by atoms with van der Waals surface area (Å²) in [5.41, 5.74) is 2.62. The summed E-state index contributed by atoms with van der Waals surface area (Å²) >= 11 is 0. The first kappa shape index (κ1) is 31.6. The molecule has 47 heavy (non-hydrogen) atoms. The molecule has 2 heterocycles. The topological polar surface area (TPSA) is 121 Å². The Morgan fingerprint density at radius 2 is 1.83 bits per heavy atom. The smallest absolute Gasteiger partial charge is 0.293 e. The Morgan fingerprint density at radius 3 is 2.57 bits per heavy atom. The first-order chi connectivity index (χ1) is 22.6. The number of nitrogens with one attached hydrogen (secondary N) is 2. The second-order valence-electron chi connectivity index (χ2n) is 11.9. The van der Waals surface area contributed by atoms with Gasteiger partial charge in [0.2, 0.25) is 5.91 Å². The Kier molecular flexibility index (Phi) is 8.84. The highest BCUT2D eigenvalue weighted by Crippen LogP contribution is 2.41. The third kappa shape index (κ3) is 6.76. The SMILES string of the molecule is CN(C)C/C=C/C(=O)Nc1cccc(Nc2nc(-c3cccc(-n4ccc5cc(C6CC6)cc(F)c5c4=O)c3CO)cn(C)c2=O)c1. The number of nitrogens with zero attached hydrogens (tertiary/aromatic N) is 4. The molecule has 1 aliphatic carbocycles. The van der Waals surface area contributed by atoms with E-state index < -0.39 is 23.5 Å². The molecule has 6 rings (SSSR count). The van der Waals surface area contributed by atoms with Crippen molar-refractivity contribution < 1.29 is 14.3 Å². The number of halogens is 1. The average molecular weight is 635 g/mol. The standard InChI is InChI=1S/C36H35FN6O4/c1-41(2)15-6-11-32(45)38-25-7-4-8-26(19-25)39-34-36(47)42(3)20-30(40-34)27-9-5-10-31(28(27)21-44)43-16-14-23-17-24(22-12-13-22)18-29(37)33(23)35(43)46/h4-11,14,16-20,22,44H,12-13,15,21H2,1-3H3,(H,38,45)(H,39,40)/b11-6+. The highest BCUT2D eigenvalue weighted by atomic mass is 19.1. The fraction of sp³-hybridized carbons (Fsp3) is 0.222. The quantitative estimate of drug-likeness (QED) is 0.184. The molecule has 240 valence electrons. The maximum absolute atomic E-state index is 15.2. The van der Waals surface area contributed by atoms with Gasteiger partial charge >= 0.3 is 0 Å². The molecule has 0 bridgehead atoms. The fourth-order valence-corrected chi connectivity index (χ4v) is 5.58. The summed E-state index contributed by atoms with van der Waals surface area (Å²) in [4.78, 5) is 45.6. The highest BCUT2D eigenvalue weighted by Gasteiger charge is 2.25. The van der Waals surface area contributed by atoms with Crippen molar-refractivity contribution in [1.82, 2.24) is 19.0 Å². The summed E-state index contributed by atoms with van der Waals surface area (Å²) in [6.07, 6.45) is 8.39.